The Bertz CT molecular complexity index is 708. The van der Waals surface area contributed by atoms with Crippen LogP contribution in [0.1, 0.15) is 20.8 Å². The maximum absolute atomic E-state index is 11.9. The zero-order valence-corrected chi connectivity index (χ0v) is 17.5. The van der Waals surface area contributed by atoms with Gasteiger partial charge in [0.25, 0.3) is 3.79 Å². The Morgan fingerprint density at radius 2 is 1.55 bits per heavy atom. The molecule has 1 saturated heterocycles. The molecule has 15 heteroatoms. The van der Waals surface area contributed by atoms with E-state index in [0.717, 1.165) is 20.8 Å². The lowest BCUT2D eigenvalue weighted by atomic mass is 9.97. The molecule has 1 rings (SSSR count). The van der Waals surface area contributed by atoms with Gasteiger partial charge >= 0.3 is 23.9 Å². The first-order valence-corrected chi connectivity index (χ1v) is 8.95. The van der Waals surface area contributed by atoms with Gasteiger partial charge in [0, 0.05) is 25.7 Å². The number of hydrogen-bond donors (Lipinski definition) is 0. The minimum atomic E-state index is -2.50. The molecule has 0 saturated carbocycles. The fraction of sp³-hybridized carbons (Fsp3) is 0.714. The van der Waals surface area contributed by atoms with Gasteiger partial charge in [-0.2, -0.15) is 0 Å². The van der Waals surface area contributed by atoms with Crippen molar-refractivity contribution < 1.29 is 42.9 Å². The molecular formula is C14H16Cl3N3O9. The lowest BCUT2D eigenvalue weighted by molar-refractivity contribution is -0.267. The van der Waals surface area contributed by atoms with E-state index in [-0.39, 0.29) is 0 Å². The largest absolute Gasteiger partial charge is 0.463 e. The number of nitrogens with zero attached hydrogens (tertiary/aromatic N) is 3. The second-order valence-electron chi connectivity index (χ2n) is 5.59. The Morgan fingerprint density at radius 3 is 2.00 bits per heavy atom. The lowest BCUT2D eigenvalue weighted by Crippen LogP contribution is -2.61. The molecule has 29 heavy (non-hydrogen) atoms. The topological polar surface area (TPSA) is 163 Å². The van der Waals surface area contributed by atoms with Gasteiger partial charge < -0.3 is 23.7 Å². The van der Waals surface area contributed by atoms with E-state index in [2.05, 4.69) is 10.0 Å². The number of ether oxygens (including phenoxy) is 5. The van der Waals surface area contributed by atoms with Gasteiger partial charge in [0.15, 0.2) is 12.2 Å². The molecule has 0 radical (unpaired) electrons. The van der Waals surface area contributed by atoms with Crippen LogP contribution in [0, 0.1) is 0 Å². The van der Waals surface area contributed by atoms with E-state index in [1.165, 1.54) is 0 Å². The van der Waals surface area contributed by atoms with Gasteiger partial charge in [0.05, 0.1) is 0 Å². The third-order valence-electron chi connectivity index (χ3n) is 3.31. The number of esters is 4. The molecule has 0 unspecified atom stereocenters. The summed E-state index contributed by atoms with van der Waals surface area (Å²) in [5.41, 5.74) is 8.86. The summed E-state index contributed by atoms with van der Waals surface area (Å²) < 4.78 is 23.0. The lowest BCUT2D eigenvalue weighted by Gasteiger charge is -2.43. The minimum absolute atomic E-state index is 0.490. The van der Waals surface area contributed by atoms with Gasteiger partial charge in [0.1, 0.15) is 18.8 Å². The Balaban J connectivity index is 3.35. The Kier molecular flexibility index (Phi) is 9.24. The van der Waals surface area contributed by atoms with Crippen molar-refractivity contribution in [2.24, 2.45) is 5.11 Å². The molecule has 0 aromatic heterocycles. The van der Waals surface area contributed by atoms with Crippen LogP contribution >= 0.6 is 34.8 Å². The molecule has 5 atom stereocenters. The summed E-state index contributed by atoms with van der Waals surface area (Å²) >= 11 is 16.4. The van der Waals surface area contributed by atoms with Gasteiger partial charge in [-0.05, 0) is 5.53 Å². The first-order chi connectivity index (χ1) is 13.4. The third kappa shape index (κ3) is 7.75. The number of alkyl halides is 3. The van der Waals surface area contributed by atoms with Crippen LogP contribution in [0.5, 0.6) is 0 Å². The first kappa shape index (κ1) is 25.1. The predicted octanol–water partition coefficient (Wildman–Crippen LogP) is 1.73. The summed E-state index contributed by atoms with van der Waals surface area (Å²) in [7, 11) is 0. The SMILES string of the molecule is CC(=O)OC[C@H]1O[C@H](OC(=O)C(Cl)(Cl)Cl)[C@H](N=[N+]=[N-])[C@@H](OC(C)=O)[C@@H]1OC(C)=O. The Morgan fingerprint density at radius 1 is 1.00 bits per heavy atom. The number of halogens is 3. The van der Waals surface area contributed by atoms with E-state index in [9.17, 15) is 19.2 Å². The summed E-state index contributed by atoms with van der Waals surface area (Å²) in [6.45, 7) is 2.72. The monoisotopic (exact) mass is 475 g/mol. The van der Waals surface area contributed by atoms with Crippen LogP contribution in [0.25, 0.3) is 10.4 Å². The number of rotatable bonds is 6. The summed E-state index contributed by atoms with van der Waals surface area (Å²) in [4.78, 5) is 48.8. The Hall–Kier alpha value is -1.98. The van der Waals surface area contributed by atoms with Gasteiger partial charge in [0.2, 0.25) is 6.29 Å². The highest BCUT2D eigenvalue weighted by Crippen LogP contribution is 2.33. The molecule has 0 aromatic carbocycles. The summed E-state index contributed by atoms with van der Waals surface area (Å²) in [6, 6.07) is -1.53. The number of carbonyl (C=O) groups is 4. The summed E-state index contributed by atoms with van der Waals surface area (Å²) in [5.74, 6) is -3.74. The molecule has 1 heterocycles. The zero-order valence-electron chi connectivity index (χ0n) is 15.2. The summed E-state index contributed by atoms with van der Waals surface area (Å²) in [5, 5.41) is 3.39. The van der Waals surface area contributed by atoms with Crippen molar-refractivity contribution in [3.05, 3.63) is 10.4 Å². The van der Waals surface area contributed by atoms with Crippen molar-refractivity contribution >= 4 is 58.7 Å². The standard InChI is InChI=1S/C14H16Cl3N3O9/c1-5(21)25-4-8-10(26-6(2)22)11(27-7(3)23)9(19-20-18)12(28-8)29-13(24)14(15,16)17/h8-12H,4H2,1-3H3/t8-,9-,10-,11-,12-/m1/s1. The molecule has 1 aliphatic heterocycles. The van der Waals surface area contributed by atoms with Gasteiger partial charge in [-0.25, -0.2) is 4.79 Å². The number of hydrogen-bond acceptors (Lipinski definition) is 10. The molecule has 0 bridgehead atoms. The van der Waals surface area contributed by atoms with E-state index >= 15 is 0 Å². The molecule has 0 aromatic rings. The average molecular weight is 477 g/mol. The fourth-order valence-corrected chi connectivity index (χ4v) is 2.47. The van der Waals surface area contributed by atoms with E-state index in [4.69, 9.17) is 64.0 Å². The van der Waals surface area contributed by atoms with E-state index in [0.29, 0.717) is 0 Å². The molecule has 1 fully saturated rings. The average Bonchev–Trinajstić information content (AvgIpc) is 2.56. The van der Waals surface area contributed by atoms with Crippen molar-refractivity contribution in [1.29, 1.82) is 0 Å². The van der Waals surface area contributed by atoms with Gasteiger partial charge in [-0.1, -0.05) is 39.9 Å². The van der Waals surface area contributed by atoms with Crippen LogP contribution in [0.15, 0.2) is 5.11 Å². The minimum Gasteiger partial charge on any atom is -0.463 e. The van der Waals surface area contributed by atoms with Crippen molar-refractivity contribution in [1.82, 2.24) is 0 Å². The van der Waals surface area contributed by atoms with Gasteiger partial charge in [-0.15, -0.1) is 0 Å². The molecular weight excluding hydrogens is 461 g/mol. The van der Waals surface area contributed by atoms with Crippen molar-refractivity contribution in [2.45, 2.75) is 55.2 Å². The quantitative estimate of drug-likeness (QED) is 0.139. The molecule has 12 nitrogen and oxygen atoms in total. The van der Waals surface area contributed by atoms with Crippen LogP contribution in [0.3, 0.4) is 0 Å². The number of azide groups is 1. The highest BCUT2D eigenvalue weighted by molar-refractivity contribution is 6.75. The van der Waals surface area contributed by atoms with E-state index < -0.39 is 64.9 Å². The highest BCUT2D eigenvalue weighted by Gasteiger charge is 2.52. The maximum atomic E-state index is 11.9. The van der Waals surface area contributed by atoms with Crippen LogP contribution < -0.4 is 0 Å². The van der Waals surface area contributed by atoms with E-state index in [1.54, 1.807) is 0 Å². The van der Waals surface area contributed by atoms with Crippen LogP contribution in [0.2, 0.25) is 0 Å². The van der Waals surface area contributed by atoms with Crippen LogP contribution in [0.4, 0.5) is 0 Å². The second-order valence-corrected chi connectivity index (χ2v) is 7.87. The molecule has 0 N–H and O–H groups in total. The maximum Gasteiger partial charge on any atom is 0.360 e. The zero-order chi connectivity index (χ0) is 22.4. The molecule has 0 aliphatic carbocycles. The molecule has 162 valence electrons. The van der Waals surface area contributed by atoms with Crippen molar-refractivity contribution in [3.63, 3.8) is 0 Å². The normalized spacial score (nSPS) is 26.5. The van der Waals surface area contributed by atoms with Gasteiger partial charge in [-0.3, -0.25) is 14.4 Å². The molecule has 0 spiro atoms. The molecule has 1 aliphatic rings. The Labute approximate surface area is 179 Å². The fourth-order valence-electron chi connectivity index (χ4n) is 2.34. The second kappa shape index (κ2) is 10.7. The van der Waals surface area contributed by atoms with Crippen LogP contribution in [-0.4, -0.2) is 64.9 Å². The van der Waals surface area contributed by atoms with Crippen molar-refractivity contribution in [3.8, 4) is 0 Å². The number of carbonyl (C=O) groups excluding carboxylic acids is 4. The van der Waals surface area contributed by atoms with Crippen molar-refractivity contribution in [2.75, 3.05) is 6.61 Å². The smallest absolute Gasteiger partial charge is 0.360 e. The van der Waals surface area contributed by atoms with E-state index in [1.807, 2.05) is 0 Å². The third-order valence-corrected chi connectivity index (χ3v) is 3.77. The first-order valence-electron chi connectivity index (χ1n) is 7.82. The highest BCUT2D eigenvalue weighted by atomic mass is 35.6. The van der Waals surface area contributed by atoms with Crippen LogP contribution in [-0.2, 0) is 42.9 Å². The molecule has 0 amide bonds. The predicted molar refractivity (Wildman–Crippen MR) is 95.7 cm³/mol. The summed E-state index contributed by atoms with van der Waals surface area (Å²) in [6.07, 6.45) is -5.88.